The number of benzene rings is 2. The first-order valence-electron chi connectivity index (χ1n) is 13.4. The molecule has 41 heavy (non-hydrogen) atoms. The summed E-state index contributed by atoms with van der Waals surface area (Å²) >= 11 is 1.18. The maximum atomic E-state index is 14.7. The average molecular weight is 591 g/mol. The summed E-state index contributed by atoms with van der Waals surface area (Å²) in [6, 6.07) is 9.66. The number of ether oxygens (including phenoxy) is 1. The van der Waals surface area contributed by atoms with Crippen LogP contribution in [0.3, 0.4) is 0 Å². The monoisotopic (exact) mass is 590 g/mol. The van der Waals surface area contributed by atoms with Crippen LogP contribution >= 0.6 is 11.3 Å². The molecule has 220 valence electrons. The summed E-state index contributed by atoms with van der Waals surface area (Å²) in [6.07, 6.45) is -6.01. The van der Waals surface area contributed by atoms with Crippen LogP contribution in [0.4, 0.5) is 28.9 Å². The zero-order chi connectivity index (χ0) is 29.7. The Labute approximate surface area is 241 Å². The molecule has 0 aliphatic carbocycles. The number of likely N-dealkylation sites (tertiary alicyclic amines) is 1. The number of nitrogens with zero attached hydrogens (tertiary/aromatic N) is 1. The number of hydrogen-bond acceptors (Lipinski definition) is 6. The molecule has 2 heterocycles. The smallest absolute Gasteiger partial charge is 0.393 e. The maximum absolute atomic E-state index is 14.7. The number of carbonyl (C=O) groups is 1. The van der Waals surface area contributed by atoms with Gasteiger partial charge in [-0.05, 0) is 62.5 Å². The van der Waals surface area contributed by atoms with E-state index < -0.39 is 24.8 Å². The van der Waals surface area contributed by atoms with E-state index in [2.05, 4.69) is 27.8 Å². The minimum atomic E-state index is -4.42. The minimum Gasteiger partial charge on any atom is -0.495 e. The second kappa shape index (κ2) is 13.0. The van der Waals surface area contributed by atoms with E-state index >= 15 is 0 Å². The van der Waals surface area contributed by atoms with Crippen molar-refractivity contribution >= 4 is 38.7 Å². The molecule has 2 atom stereocenters. The summed E-state index contributed by atoms with van der Waals surface area (Å²) in [5.41, 5.74) is 1.77. The third-order valence-corrected chi connectivity index (χ3v) is 7.93. The first-order chi connectivity index (χ1) is 19.4. The Morgan fingerprint density at radius 1 is 1.22 bits per heavy atom. The van der Waals surface area contributed by atoms with Crippen molar-refractivity contribution in [1.82, 2.24) is 10.2 Å². The number of alkyl halides is 4. The van der Waals surface area contributed by atoms with Crippen LogP contribution in [0.2, 0.25) is 0 Å². The third kappa shape index (κ3) is 7.83. The highest BCUT2D eigenvalue weighted by Gasteiger charge is 2.32. The zero-order valence-electron chi connectivity index (χ0n) is 23.4. The standard InChI is InChI=1S/C30H34F4N4O2S/c1-18(2)36-29(39)19-10-11-24(26(15-19)40-4)35-13-6-9-27-21(16-30(32,33)34)20-7-5-8-25(28(20)41-27)37-23-12-14-38(3)17-22(23)31/h5,7-8,10-11,15,18,22-23,35,37H,12-14,16-17H2,1-4H3,(H,36,39)/t22-,23+/m0/s1. The number of anilines is 2. The normalized spacial score (nSPS) is 17.7. The lowest BCUT2D eigenvalue weighted by Crippen LogP contribution is -2.46. The van der Waals surface area contributed by atoms with E-state index in [1.165, 1.54) is 18.4 Å². The van der Waals surface area contributed by atoms with Gasteiger partial charge in [0.15, 0.2) is 0 Å². The van der Waals surface area contributed by atoms with Crippen LogP contribution in [-0.2, 0) is 6.42 Å². The number of halogens is 4. The molecule has 3 N–H and O–H groups in total. The number of fused-ring (bicyclic) bond motifs is 1. The molecule has 1 aliphatic heterocycles. The van der Waals surface area contributed by atoms with Crippen molar-refractivity contribution < 1.29 is 27.1 Å². The molecule has 0 radical (unpaired) electrons. The van der Waals surface area contributed by atoms with Gasteiger partial charge in [0.2, 0.25) is 0 Å². The highest BCUT2D eigenvalue weighted by atomic mass is 32.1. The molecular formula is C30H34F4N4O2S. The van der Waals surface area contributed by atoms with Crippen molar-refractivity contribution in [2.75, 3.05) is 44.4 Å². The SMILES string of the molecule is COc1cc(C(=O)NC(C)C)ccc1NCC#Cc1sc2c(N[C@@H]3CCN(C)C[C@@H]3F)cccc2c1CC(F)(F)F. The molecule has 11 heteroatoms. The van der Waals surface area contributed by atoms with Crippen LogP contribution in [0.25, 0.3) is 10.1 Å². The molecular weight excluding hydrogens is 556 g/mol. The lowest BCUT2D eigenvalue weighted by Gasteiger charge is -2.33. The first-order valence-corrected chi connectivity index (χ1v) is 14.2. The topological polar surface area (TPSA) is 65.6 Å². The van der Waals surface area contributed by atoms with E-state index in [0.29, 0.717) is 50.6 Å². The molecule has 0 unspecified atom stereocenters. The van der Waals surface area contributed by atoms with Gasteiger partial charge in [-0.25, -0.2) is 4.39 Å². The van der Waals surface area contributed by atoms with Gasteiger partial charge in [-0.3, -0.25) is 4.79 Å². The second-order valence-corrected chi connectivity index (χ2v) is 11.4. The molecule has 1 aliphatic rings. The van der Waals surface area contributed by atoms with Crippen molar-refractivity contribution in [3.8, 4) is 17.6 Å². The van der Waals surface area contributed by atoms with Crippen LogP contribution in [0.15, 0.2) is 36.4 Å². The van der Waals surface area contributed by atoms with Gasteiger partial charge in [0.25, 0.3) is 5.91 Å². The summed E-state index contributed by atoms with van der Waals surface area (Å²) in [5, 5.41) is 9.65. The fourth-order valence-corrected chi connectivity index (χ4v) is 5.94. The molecule has 1 fully saturated rings. The Morgan fingerprint density at radius 3 is 2.68 bits per heavy atom. The van der Waals surface area contributed by atoms with Crippen molar-refractivity contribution in [3.05, 3.63) is 52.4 Å². The van der Waals surface area contributed by atoms with Gasteiger partial charge >= 0.3 is 6.18 Å². The summed E-state index contributed by atoms with van der Waals surface area (Å²) in [4.78, 5) is 14.6. The van der Waals surface area contributed by atoms with E-state index in [9.17, 15) is 22.4 Å². The van der Waals surface area contributed by atoms with Crippen LogP contribution in [-0.4, -0.2) is 69.0 Å². The Balaban J connectivity index is 1.57. The Morgan fingerprint density at radius 2 is 2.00 bits per heavy atom. The number of amides is 1. The summed E-state index contributed by atoms with van der Waals surface area (Å²) in [6.45, 7) is 4.91. The van der Waals surface area contributed by atoms with Gasteiger partial charge in [-0.15, -0.1) is 11.3 Å². The van der Waals surface area contributed by atoms with Gasteiger partial charge in [0, 0.05) is 24.7 Å². The van der Waals surface area contributed by atoms with Gasteiger partial charge in [-0.1, -0.05) is 24.0 Å². The predicted octanol–water partition coefficient (Wildman–Crippen LogP) is 6.07. The molecule has 1 aromatic heterocycles. The third-order valence-electron chi connectivity index (χ3n) is 6.73. The maximum Gasteiger partial charge on any atom is 0.393 e. The van der Waals surface area contributed by atoms with Crippen molar-refractivity contribution in [3.63, 3.8) is 0 Å². The lowest BCUT2D eigenvalue weighted by molar-refractivity contribution is -0.126. The van der Waals surface area contributed by atoms with E-state index in [0.717, 1.165) is 6.54 Å². The summed E-state index contributed by atoms with van der Waals surface area (Å²) < 4.78 is 61.5. The molecule has 1 amide bonds. The van der Waals surface area contributed by atoms with Crippen molar-refractivity contribution in [2.45, 2.75) is 51.1 Å². The number of nitrogens with one attached hydrogen (secondary N) is 3. The number of piperidine rings is 1. The quantitative estimate of drug-likeness (QED) is 0.220. The molecule has 1 saturated heterocycles. The van der Waals surface area contributed by atoms with Gasteiger partial charge < -0.3 is 25.6 Å². The Bertz CT molecular complexity index is 1440. The number of rotatable bonds is 8. The van der Waals surface area contributed by atoms with E-state index in [-0.39, 0.29) is 24.1 Å². The highest BCUT2D eigenvalue weighted by Crippen LogP contribution is 2.39. The van der Waals surface area contributed by atoms with Crippen LogP contribution in [0.5, 0.6) is 5.75 Å². The second-order valence-electron chi connectivity index (χ2n) is 10.4. The van der Waals surface area contributed by atoms with E-state index in [4.69, 9.17) is 4.74 Å². The first kappa shape index (κ1) is 30.5. The minimum absolute atomic E-state index is 0.0144. The number of thiophene rings is 1. The van der Waals surface area contributed by atoms with Gasteiger partial charge in [-0.2, -0.15) is 13.2 Å². The number of methoxy groups -OCH3 is 1. The van der Waals surface area contributed by atoms with E-state index in [1.54, 1.807) is 36.4 Å². The zero-order valence-corrected chi connectivity index (χ0v) is 24.2. The van der Waals surface area contributed by atoms with Crippen LogP contribution in [0.1, 0.15) is 41.1 Å². The molecule has 2 aromatic carbocycles. The summed E-state index contributed by atoms with van der Waals surface area (Å²) in [7, 11) is 3.35. The molecule has 4 rings (SSSR count). The number of carbonyl (C=O) groups excluding carboxylic acids is 1. The van der Waals surface area contributed by atoms with Crippen molar-refractivity contribution in [1.29, 1.82) is 0 Å². The fraction of sp³-hybridized carbons (Fsp3) is 0.433. The molecule has 6 nitrogen and oxygen atoms in total. The number of hydrogen-bond donors (Lipinski definition) is 3. The largest absolute Gasteiger partial charge is 0.495 e. The van der Waals surface area contributed by atoms with Crippen LogP contribution in [0, 0.1) is 11.8 Å². The average Bonchev–Trinajstić information content (AvgIpc) is 3.24. The van der Waals surface area contributed by atoms with Gasteiger partial charge in [0.1, 0.15) is 11.9 Å². The van der Waals surface area contributed by atoms with E-state index in [1.807, 2.05) is 25.8 Å². The Kier molecular flexibility index (Phi) is 9.66. The molecule has 0 spiro atoms. The molecule has 3 aromatic rings. The van der Waals surface area contributed by atoms with Crippen LogP contribution < -0.4 is 20.7 Å². The lowest BCUT2D eigenvalue weighted by atomic mass is 10.0. The molecule has 0 bridgehead atoms. The molecule has 0 saturated carbocycles. The predicted molar refractivity (Wildman–Crippen MR) is 157 cm³/mol. The highest BCUT2D eigenvalue weighted by molar-refractivity contribution is 7.20. The fourth-order valence-electron chi connectivity index (χ4n) is 4.77. The Hall–Kier alpha value is -3.49. The van der Waals surface area contributed by atoms with Gasteiger partial charge in [0.05, 0.1) is 47.1 Å². The van der Waals surface area contributed by atoms with Crippen molar-refractivity contribution in [2.24, 2.45) is 0 Å². The summed E-state index contributed by atoms with van der Waals surface area (Å²) in [5.74, 6) is 6.07.